The standard InChI is InChI=1S/C14H12FO/c15-11-16-14-9-5-4-8-13(14)10-12-6-2-1-3-7-12/h1-8H,10-11H2. The largest absolute Gasteiger partial charge is 0.462 e. The highest BCUT2D eigenvalue weighted by molar-refractivity contribution is 5.36. The Balaban J connectivity index is 2.21. The molecule has 0 heterocycles. The molecule has 0 N–H and O–H groups in total. The quantitative estimate of drug-likeness (QED) is 0.759. The average molecular weight is 215 g/mol. The number of alkyl halides is 1. The molecule has 1 radical (unpaired) electrons. The number of rotatable bonds is 4. The molecule has 81 valence electrons. The first-order chi connectivity index (χ1) is 7.90. The van der Waals surface area contributed by atoms with Gasteiger partial charge in [0, 0.05) is 12.5 Å². The van der Waals surface area contributed by atoms with E-state index in [1.165, 1.54) is 5.56 Å². The summed E-state index contributed by atoms with van der Waals surface area (Å²) in [6.07, 6.45) is 0.730. The second-order valence-corrected chi connectivity index (χ2v) is 3.44. The van der Waals surface area contributed by atoms with Gasteiger partial charge >= 0.3 is 0 Å². The van der Waals surface area contributed by atoms with E-state index >= 15 is 0 Å². The maximum atomic E-state index is 12.2. The molecule has 0 aliphatic rings. The first kappa shape index (κ1) is 10.7. The summed E-state index contributed by atoms with van der Waals surface area (Å²) in [5, 5.41) is 0. The molecule has 0 saturated heterocycles. The fourth-order valence-corrected chi connectivity index (χ4v) is 1.60. The van der Waals surface area contributed by atoms with Crippen LogP contribution in [0, 0.1) is 6.07 Å². The minimum atomic E-state index is -0.817. The van der Waals surface area contributed by atoms with Gasteiger partial charge in [-0.2, -0.15) is 0 Å². The Hall–Kier alpha value is -1.83. The molecule has 0 fully saturated rings. The molecule has 0 unspecified atom stereocenters. The Kier molecular flexibility index (Phi) is 3.54. The van der Waals surface area contributed by atoms with Gasteiger partial charge in [0.15, 0.2) is 0 Å². The highest BCUT2D eigenvalue weighted by atomic mass is 19.1. The van der Waals surface area contributed by atoms with Crippen LogP contribution in [0.5, 0.6) is 5.75 Å². The predicted octanol–water partition coefficient (Wildman–Crippen LogP) is 3.38. The van der Waals surface area contributed by atoms with Crippen LogP contribution in [-0.2, 0) is 6.42 Å². The van der Waals surface area contributed by atoms with Crippen LogP contribution in [0.1, 0.15) is 11.1 Å². The maximum absolute atomic E-state index is 12.2. The van der Waals surface area contributed by atoms with Crippen LogP contribution in [0.25, 0.3) is 0 Å². The smallest absolute Gasteiger partial charge is 0.228 e. The van der Waals surface area contributed by atoms with E-state index in [1.807, 2.05) is 42.5 Å². The minimum Gasteiger partial charge on any atom is -0.462 e. The lowest BCUT2D eigenvalue weighted by atomic mass is 10.0. The predicted molar refractivity (Wildman–Crippen MR) is 61.1 cm³/mol. The van der Waals surface area contributed by atoms with Gasteiger partial charge in [-0.3, -0.25) is 0 Å². The van der Waals surface area contributed by atoms with Gasteiger partial charge in [0.2, 0.25) is 6.86 Å². The molecule has 0 atom stereocenters. The molecule has 2 aromatic rings. The van der Waals surface area contributed by atoms with Crippen LogP contribution >= 0.6 is 0 Å². The summed E-state index contributed by atoms with van der Waals surface area (Å²) in [7, 11) is 0. The highest BCUT2D eigenvalue weighted by Crippen LogP contribution is 2.20. The van der Waals surface area contributed by atoms with Crippen molar-refractivity contribution in [1.29, 1.82) is 0 Å². The summed E-state index contributed by atoms with van der Waals surface area (Å²) in [5.74, 6) is 0.494. The molecule has 2 rings (SSSR count). The van der Waals surface area contributed by atoms with Crippen molar-refractivity contribution < 1.29 is 9.13 Å². The molecule has 2 aromatic carbocycles. The Morgan fingerprint density at radius 3 is 2.62 bits per heavy atom. The maximum Gasteiger partial charge on any atom is 0.228 e. The summed E-state index contributed by atoms with van der Waals surface area (Å²) < 4.78 is 17.0. The molecule has 0 amide bonds. The summed E-state index contributed by atoms with van der Waals surface area (Å²) in [5.41, 5.74) is 2.12. The van der Waals surface area contributed by atoms with Crippen molar-refractivity contribution >= 4 is 0 Å². The molecule has 0 aliphatic carbocycles. The zero-order valence-corrected chi connectivity index (χ0v) is 8.82. The van der Waals surface area contributed by atoms with E-state index < -0.39 is 6.86 Å². The van der Waals surface area contributed by atoms with E-state index in [-0.39, 0.29) is 0 Å². The van der Waals surface area contributed by atoms with Crippen LogP contribution in [0.2, 0.25) is 0 Å². The van der Waals surface area contributed by atoms with E-state index in [2.05, 4.69) is 6.07 Å². The molecule has 0 saturated carbocycles. The monoisotopic (exact) mass is 215 g/mol. The van der Waals surface area contributed by atoms with Gasteiger partial charge in [0.05, 0.1) is 0 Å². The summed E-state index contributed by atoms with van der Waals surface area (Å²) in [4.78, 5) is 0. The normalized spacial score (nSPS) is 10.1. The molecule has 0 spiro atoms. The minimum absolute atomic E-state index is 0.494. The third kappa shape index (κ3) is 2.60. The topological polar surface area (TPSA) is 9.23 Å². The molecule has 1 nitrogen and oxygen atoms in total. The van der Waals surface area contributed by atoms with Crippen LogP contribution < -0.4 is 4.74 Å². The average Bonchev–Trinajstić information content (AvgIpc) is 2.33. The molecule has 0 aliphatic heterocycles. The van der Waals surface area contributed by atoms with Crippen molar-refractivity contribution in [3.63, 3.8) is 0 Å². The Bertz CT molecular complexity index is 439. The van der Waals surface area contributed by atoms with E-state index in [0.717, 1.165) is 12.0 Å². The number of hydrogen-bond donors (Lipinski definition) is 0. The van der Waals surface area contributed by atoms with E-state index in [9.17, 15) is 4.39 Å². The Morgan fingerprint density at radius 1 is 1.06 bits per heavy atom. The molecular formula is C14H12FO. The number of para-hydroxylation sites is 1. The summed E-state index contributed by atoms with van der Waals surface area (Å²) >= 11 is 0. The van der Waals surface area contributed by atoms with Gasteiger partial charge < -0.3 is 4.74 Å². The third-order valence-corrected chi connectivity index (χ3v) is 2.34. The highest BCUT2D eigenvalue weighted by Gasteiger charge is 2.03. The number of hydrogen-bond acceptors (Lipinski definition) is 1. The van der Waals surface area contributed by atoms with Gasteiger partial charge in [0.25, 0.3) is 0 Å². The summed E-state index contributed by atoms with van der Waals surface area (Å²) in [6.45, 7) is -0.817. The van der Waals surface area contributed by atoms with Gasteiger partial charge in [-0.25, -0.2) is 4.39 Å². The lowest BCUT2D eigenvalue weighted by molar-refractivity contribution is 0.190. The van der Waals surface area contributed by atoms with Crippen molar-refractivity contribution in [3.05, 3.63) is 65.7 Å². The van der Waals surface area contributed by atoms with Crippen molar-refractivity contribution in [3.8, 4) is 5.75 Å². The first-order valence-electron chi connectivity index (χ1n) is 5.12. The van der Waals surface area contributed by atoms with E-state index in [0.29, 0.717) is 5.75 Å². The fraction of sp³-hybridized carbons (Fsp3) is 0.143. The fourth-order valence-electron chi connectivity index (χ4n) is 1.60. The Morgan fingerprint density at radius 2 is 1.88 bits per heavy atom. The Labute approximate surface area is 94.5 Å². The van der Waals surface area contributed by atoms with Crippen LogP contribution in [-0.4, -0.2) is 6.86 Å². The number of ether oxygens (including phenoxy) is 1. The SMILES string of the molecule is FCOc1[c]cccc1Cc1ccccc1. The van der Waals surface area contributed by atoms with Crippen molar-refractivity contribution in [2.24, 2.45) is 0 Å². The van der Waals surface area contributed by atoms with Crippen LogP contribution in [0.4, 0.5) is 4.39 Å². The first-order valence-corrected chi connectivity index (χ1v) is 5.12. The van der Waals surface area contributed by atoms with Gasteiger partial charge in [-0.1, -0.05) is 48.5 Å². The van der Waals surface area contributed by atoms with Gasteiger partial charge in [-0.05, 0) is 11.1 Å². The van der Waals surface area contributed by atoms with Gasteiger partial charge in [-0.15, -0.1) is 0 Å². The van der Waals surface area contributed by atoms with Crippen molar-refractivity contribution in [2.75, 3.05) is 6.86 Å². The summed E-state index contributed by atoms with van der Waals surface area (Å²) in [6, 6.07) is 18.4. The van der Waals surface area contributed by atoms with Crippen molar-refractivity contribution in [1.82, 2.24) is 0 Å². The van der Waals surface area contributed by atoms with Gasteiger partial charge in [0.1, 0.15) is 5.75 Å². The molecule has 16 heavy (non-hydrogen) atoms. The number of benzene rings is 2. The zero-order valence-electron chi connectivity index (χ0n) is 8.82. The second kappa shape index (κ2) is 5.31. The van der Waals surface area contributed by atoms with Crippen LogP contribution in [0.15, 0.2) is 48.5 Å². The second-order valence-electron chi connectivity index (χ2n) is 3.44. The van der Waals surface area contributed by atoms with Crippen molar-refractivity contribution in [2.45, 2.75) is 6.42 Å². The number of halogens is 1. The van der Waals surface area contributed by atoms with E-state index in [1.54, 1.807) is 6.07 Å². The van der Waals surface area contributed by atoms with Crippen LogP contribution in [0.3, 0.4) is 0 Å². The lowest BCUT2D eigenvalue weighted by Crippen LogP contribution is -1.96. The third-order valence-electron chi connectivity index (χ3n) is 2.34. The molecule has 2 heteroatoms. The molecule has 0 bridgehead atoms. The van der Waals surface area contributed by atoms with E-state index in [4.69, 9.17) is 4.74 Å². The lowest BCUT2D eigenvalue weighted by Gasteiger charge is -2.08. The molecule has 0 aromatic heterocycles. The zero-order chi connectivity index (χ0) is 11.2. The molecular weight excluding hydrogens is 203 g/mol.